The van der Waals surface area contributed by atoms with Crippen molar-refractivity contribution in [2.24, 2.45) is 0 Å². The third kappa shape index (κ3) is 3.53. The summed E-state index contributed by atoms with van der Waals surface area (Å²) in [5.41, 5.74) is 4.45. The van der Waals surface area contributed by atoms with Gasteiger partial charge >= 0.3 is 0 Å². The third-order valence-electron chi connectivity index (χ3n) is 4.23. The third-order valence-corrected chi connectivity index (χ3v) is 4.23. The summed E-state index contributed by atoms with van der Waals surface area (Å²) in [5, 5.41) is 13.3. The molecular formula is C22H20N2. The summed E-state index contributed by atoms with van der Waals surface area (Å²) in [6.07, 6.45) is 0. The van der Waals surface area contributed by atoms with Crippen LogP contribution in [0.2, 0.25) is 0 Å². The zero-order valence-electron chi connectivity index (χ0n) is 13.7. The van der Waals surface area contributed by atoms with Crippen LogP contribution >= 0.6 is 0 Å². The highest BCUT2D eigenvalue weighted by Crippen LogP contribution is 2.26. The molecule has 3 aromatic carbocycles. The van der Waals surface area contributed by atoms with Gasteiger partial charge in [-0.3, -0.25) is 5.32 Å². The summed E-state index contributed by atoms with van der Waals surface area (Å²) in [6.45, 7) is 2.04. The fourth-order valence-corrected chi connectivity index (χ4v) is 2.95. The van der Waals surface area contributed by atoms with Crippen LogP contribution in [-0.4, -0.2) is 0 Å². The molecule has 0 aromatic heterocycles. The minimum Gasteiger partial charge on any atom is -0.287 e. The molecule has 118 valence electrons. The van der Waals surface area contributed by atoms with Gasteiger partial charge in [0.25, 0.3) is 0 Å². The predicted octanol–water partition coefficient (Wildman–Crippen LogP) is 4.94. The van der Waals surface area contributed by atoms with Crippen LogP contribution in [0.3, 0.4) is 0 Å². The first-order valence-electron chi connectivity index (χ1n) is 8.10. The number of nitrogens with zero attached hydrogens (tertiary/aromatic N) is 1. The number of hydrogen-bond donors (Lipinski definition) is 1. The smallest absolute Gasteiger partial charge is 0.122 e. The molecule has 0 aliphatic carbocycles. The quantitative estimate of drug-likeness (QED) is 0.724. The molecule has 0 heterocycles. The second kappa shape index (κ2) is 7.59. The second-order valence-electron chi connectivity index (χ2n) is 5.84. The van der Waals surface area contributed by atoms with Crippen LogP contribution in [0.5, 0.6) is 0 Å². The van der Waals surface area contributed by atoms with Crippen molar-refractivity contribution in [3.63, 3.8) is 0 Å². The van der Waals surface area contributed by atoms with E-state index in [2.05, 4.69) is 35.7 Å². The first kappa shape index (κ1) is 16.0. The van der Waals surface area contributed by atoms with Gasteiger partial charge in [-0.1, -0.05) is 84.9 Å². The molecule has 0 bridgehead atoms. The number of benzene rings is 3. The first-order valence-corrected chi connectivity index (χ1v) is 8.10. The van der Waals surface area contributed by atoms with Crippen LogP contribution in [0.25, 0.3) is 0 Å². The molecule has 1 unspecified atom stereocenters. The van der Waals surface area contributed by atoms with E-state index in [-0.39, 0.29) is 12.1 Å². The number of nitrogens with one attached hydrogen (secondary N) is 1. The van der Waals surface area contributed by atoms with Crippen LogP contribution in [-0.2, 0) is 0 Å². The van der Waals surface area contributed by atoms with Crippen LogP contribution in [0, 0.1) is 18.3 Å². The van der Waals surface area contributed by atoms with Gasteiger partial charge in [0, 0.05) is 0 Å². The van der Waals surface area contributed by atoms with Gasteiger partial charge in [-0.2, -0.15) is 5.26 Å². The van der Waals surface area contributed by atoms with Crippen molar-refractivity contribution < 1.29 is 0 Å². The van der Waals surface area contributed by atoms with Crippen molar-refractivity contribution in [1.82, 2.24) is 5.32 Å². The van der Waals surface area contributed by atoms with E-state index in [0.717, 1.165) is 22.3 Å². The Morgan fingerprint density at radius 2 is 1.25 bits per heavy atom. The average molecular weight is 312 g/mol. The van der Waals surface area contributed by atoms with Gasteiger partial charge in [0.1, 0.15) is 6.04 Å². The molecule has 0 saturated carbocycles. The van der Waals surface area contributed by atoms with Gasteiger partial charge in [0.2, 0.25) is 0 Å². The van der Waals surface area contributed by atoms with Gasteiger partial charge in [0.15, 0.2) is 0 Å². The molecule has 3 aromatic rings. The van der Waals surface area contributed by atoms with Gasteiger partial charge in [-0.15, -0.1) is 0 Å². The lowest BCUT2D eigenvalue weighted by atomic mass is 9.95. The minimum absolute atomic E-state index is 0.0309. The highest BCUT2D eigenvalue weighted by Gasteiger charge is 2.20. The van der Waals surface area contributed by atoms with Crippen molar-refractivity contribution in [2.45, 2.75) is 19.0 Å². The first-order chi connectivity index (χ1) is 11.8. The van der Waals surface area contributed by atoms with Crippen LogP contribution < -0.4 is 5.32 Å². The molecule has 24 heavy (non-hydrogen) atoms. The van der Waals surface area contributed by atoms with Crippen molar-refractivity contribution in [2.75, 3.05) is 0 Å². The van der Waals surface area contributed by atoms with Crippen LogP contribution in [0.4, 0.5) is 0 Å². The standard InChI is InChI=1S/C22H20N2/c1-17-10-8-9-15-20(17)21(16-23)24-22(18-11-4-2-5-12-18)19-13-6-3-7-14-19/h2-15,21-22,24H,1H3. The molecular weight excluding hydrogens is 292 g/mol. The zero-order valence-corrected chi connectivity index (χ0v) is 13.7. The van der Waals surface area contributed by atoms with Gasteiger partial charge in [-0.25, -0.2) is 0 Å². The Morgan fingerprint density at radius 1 is 0.750 bits per heavy atom. The molecule has 2 heteroatoms. The molecule has 0 spiro atoms. The lowest BCUT2D eigenvalue weighted by molar-refractivity contribution is 0.557. The maximum absolute atomic E-state index is 9.73. The van der Waals surface area contributed by atoms with E-state index in [4.69, 9.17) is 0 Å². The molecule has 0 radical (unpaired) electrons. The van der Waals surface area contributed by atoms with Crippen LogP contribution in [0.15, 0.2) is 84.9 Å². The van der Waals surface area contributed by atoms with Gasteiger partial charge in [0.05, 0.1) is 12.1 Å². The minimum atomic E-state index is -0.364. The van der Waals surface area contributed by atoms with E-state index in [1.165, 1.54) is 0 Å². The molecule has 0 amide bonds. The predicted molar refractivity (Wildman–Crippen MR) is 97.4 cm³/mol. The van der Waals surface area contributed by atoms with E-state index in [0.29, 0.717) is 0 Å². The molecule has 0 aliphatic rings. The molecule has 1 atom stereocenters. The largest absolute Gasteiger partial charge is 0.287 e. The Morgan fingerprint density at radius 3 is 1.75 bits per heavy atom. The summed E-state index contributed by atoms with van der Waals surface area (Å²) in [7, 11) is 0. The highest BCUT2D eigenvalue weighted by molar-refractivity contribution is 5.36. The van der Waals surface area contributed by atoms with E-state index < -0.39 is 0 Å². The fourth-order valence-electron chi connectivity index (χ4n) is 2.95. The Bertz CT molecular complexity index is 780. The van der Waals surface area contributed by atoms with Gasteiger partial charge in [-0.05, 0) is 29.2 Å². The van der Waals surface area contributed by atoms with Crippen molar-refractivity contribution in [3.8, 4) is 6.07 Å². The SMILES string of the molecule is Cc1ccccc1C(C#N)NC(c1ccccc1)c1ccccc1. The summed E-state index contributed by atoms with van der Waals surface area (Å²) in [5.74, 6) is 0. The summed E-state index contributed by atoms with van der Waals surface area (Å²) >= 11 is 0. The Kier molecular flexibility index (Phi) is 5.05. The van der Waals surface area contributed by atoms with Gasteiger partial charge < -0.3 is 0 Å². The van der Waals surface area contributed by atoms with Crippen LogP contribution in [0.1, 0.15) is 34.3 Å². The van der Waals surface area contributed by atoms with E-state index in [1.807, 2.05) is 67.6 Å². The topological polar surface area (TPSA) is 35.8 Å². The normalized spacial score (nSPS) is 11.9. The second-order valence-corrected chi connectivity index (χ2v) is 5.84. The number of nitriles is 1. The summed E-state index contributed by atoms with van der Waals surface area (Å²) in [6, 6.07) is 30.6. The van der Waals surface area contributed by atoms with E-state index >= 15 is 0 Å². The summed E-state index contributed by atoms with van der Waals surface area (Å²) < 4.78 is 0. The Hall–Kier alpha value is -2.89. The molecule has 0 saturated heterocycles. The Labute approximate surface area is 143 Å². The molecule has 3 rings (SSSR count). The average Bonchev–Trinajstić information content (AvgIpc) is 2.65. The lowest BCUT2D eigenvalue weighted by Gasteiger charge is -2.24. The molecule has 0 aliphatic heterocycles. The molecule has 0 fully saturated rings. The fraction of sp³-hybridized carbons (Fsp3) is 0.136. The Balaban J connectivity index is 1.98. The molecule has 2 nitrogen and oxygen atoms in total. The van der Waals surface area contributed by atoms with Crippen molar-refractivity contribution in [1.29, 1.82) is 5.26 Å². The zero-order chi connectivity index (χ0) is 16.8. The van der Waals surface area contributed by atoms with E-state index in [1.54, 1.807) is 0 Å². The lowest BCUT2D eigenvalue weighted by Crippen LogP contribution is -2.27. The number of hydrogen-bond acceptors (Lipinski definition) is 2. The van der Waals surface area contributed by atoms with E-state index in [9.17, 15) is 5.26 Å². The van der Waals surface area contributed by atoms with Crippen molar-refractivity contribution in [3.05, 3.63) is 107 Å². The summed E-state index contributed by atoms with van der Waals surface area (Å²) in [4.78, 5) is 0. The van der Waals surface area contributed by atoms with Crippen molar-refractivity contribution >= 4 is 0 Å². The number of rotatable bonds is 5. The number of aryl methyl sites for hydroxylation is 1. The maximum Gasteiger partial charge on any atom is 0.122 e. The maximum atomic E-state index is 9.73. The monoisotopic (exact) mass is 312 g/mol. The highest BCUT2D eigenvalue weighted by atomic mass is 15.0. The molecule has 1 N–H and O–H groups in total.